The standard InChI is InChI=1S/C12H15N3O3S/c1-2-18-11-3-5-12(6-4-11)19(16,17)15-8-10-7-13-9-14-10/h3-7,9,15H,2,8H2,1H3,(H,13,14). The highest BCUT2D eigenvalue weighted by Gasteiger charge is 2.13. The first-order valence-electron chi connectivity index (χ1n) is 5.81. The van der Waals surface area contributed by atoms with E-state index >= 15 is 0 Å². The first kappa shape index (κ1) is 13.6. The molecule has 19 heavy (non-hydrogen) atoms. The van der Waals surface area contributed by atoms with E-state index in [9.17, 15) is 8.42 Å². The summed E-state index contributed by atoms with van der Waals surface area (Å²) in [5.74, 6) is 0.648. The van der Waals surface area contributed by atoms with Crippen LogP contribution in [0, 0.1) is 0 Å². The molecule has 0 saturated heterocycles. The summed E-state index contributed by atoms with van der Waals surface area (Å²) in [6.07, 6.45) is 3.07. The average Bonchev–Trinajstić information content (AvgIpc) is 2.91. The predicted octanol–water partition coefficient (Wildman–Crippen LogP) is 1.29. The van der Waals surface area contributed by atoms with Gasteiger partial charge in [0, 0.05) is 11.9 Å². The largest absolute Gasteiger partial charge is 0.494 e. The summed E-state index contributed by atoms with van der Waals surface area (Å²) in [4.78, 5) is 6.85. The van der Waals surface area contributed by atoms with E-state index < -0.39 is 10.0 Å². The topological polar surface area (TPSA) is 84.1 Å². The number of sulfonamides is 1. The van der Waals surface area contributed by atoms with E-state index in [0.29, 0.717) is 18.1 Å². The van der Waals surface area contributed by atoms with E-state index in [-0.39, 0.29) is 11.4 Å². The van der Waals surface area contributed by atoms with Crippen LogP contribution in [0.1, 0.15) is 12.6 Å². The SMILES string of the molecule is CCOc1ccc(S(=O)(=O)NCc2cnc[nH]2)cc1. The number of benzene rings is 1. The molecule has 2 N–H and O–H groups in total. The number of aromatic nitrogens is 2. The van der Waals surface area contributed by atoms with Gasteiger partial charge in [0.05, 0.1) is 24.4 Å². The van der Waals surface area contributed by atoms with E-state index in [2.05, 4.69) is 14.7 Å². The zero-order chi connectivity index (χ0) is 13.7. The van der Waals surface area contributed by atoms with Gasteiger partial charge in [0.25, 0.3) is 0 Å². The van der Waals surface area contributed by atoms with E-state index in [4.69, 9.17) is 4.74 Å². The molecule has 0 spiro atoms. The maximum atomic E-state index is 12.0. The second-order valence-corrected chi connectivity index (χ2v) is 5.57. The summed E-state index contributed by atoms with van der Waals surface area (Å²) in [7, 11) is -3.52. The Labute approximate surface area is 111 Å². The lowest BCUT2D eigenvalue weighted by molar-refractivity contribution is 0.340. The van der Waals surface area contributed by atoms with Crippen molar-refractivity contribution in [3.63, 3.8) is 0 Å². The van der Waals surface area contributed by atoms with Gasteiger partial charge in [0.1, 0.15) is 5.75 Å². The highest BCUT2D eigenvalue weighted by molar-refractivity contribution is 7.89. The predicted molar refractivity (Wildman–Crippen MR) is 70.2 cm³/mol. The number of nitrogens with zero attached hydrogens (tertiary/aromatic N) is 1. The van der Waals surface area contributed by atoms with Crippen molar-refractivity contribution in [1.82, 2.24) is 14.7 Å². The molecular weight excluding hydrogens is 266 g/mol. The molecule has 0 aliphatic rings. The zero-order valence-electron chi connectivity index (χ0n) is 10.5. The summed E-state index contributed by atoms with van der Waals surface area (Å²) < 4.78 is 31.8. The van der Waals surface area contributed by atoms with Crippen LogP contribution in [0.4, 0.5) is 0 Å². The molecule has 102 valence electrons. The number of hydrogen-bond acceptors (Lipinski definition) is 4. The minimum Gasteiger partial charge on any atom is -0.494 e. The normalized spacial score (nSPS) is 11.4. The van der Waals surface area contributed by atoms with Crippen LogP contribution in [0.2, 0.25) is 0 Å². The van der Waals surface area contributed by atoms with Gasteiger partial charge < -0.3 is 9.72 Å². The molecule has 1 aromatic heterocycles. The molecule has 0 aliphatic heterocycles. The van der Waals surface area contributed by atoms with Crippen LogP contribution in [-0.2, 0) is 16.6 Å². The maximum absolute atomic E-state index is 12.0. The number of hydrogen-bond donors (Lipinski definition) is 2. The minimum atomic E-state index is -3.52. The van der Waals surface area contributed by atoms with Crippen molar-refractivity contribution >= 4 is 10.0 Å². The number of imidazole rings is 1. The van der Waals surface area contributed by atoms with Crippen LogP contribution in [0.5, 0.6) is 5.75 Å². The molecule has 0 radical (unpaired) electrons. The van der Waals surface area contributed by atoms with Gasteiger partial charge >= 0.3 is 0 Å². The molecule has 6 nitrogen and oxygen atoms in total. The molecule has 0 saturated carbocycles. The summed E-state index contributed by atoms with van der Waals surface area (Å²) in [6.45, 7) is 2.59. The van der Waals surface area contributed by atoms with E-state index in [1.165, 1.54) is 18.5 Å². The average molecular weight is 281 g/mol. The monoisotopic (exact) mass is 281 g/mol. The van der Waals surface area contributed by atoms with Crippen LogP contribution < -0.4 is 9.46 Å². The molecule has 0 aliphatic carbocycles. The van der Waals surface area contributed by atoms with Crippen LogP contribution in [0.25, 0.3) is 0 Å². The highest BCUT2D eigenvalue weighted by atomic mass is 32.2. The summed E-state index contributed by atoms with van der Waals surface area (Å²) in [5, 5.41) is 0. The molecule has 2 aromatic rings. The summed E-state index contributed by atoms with van der Waals surface area (Å²) in [6, 6.07) is 6.29. The Kier molecular flexibility index (Phi) is 4.18. The summed E-state index contributed by atoms with van der Waals surface area (Å²) >= 11 is 0. The fourth-order valence-electron chi connectivity index (χ4n) is 1.52. The Morgan fingerprint density at radius 3 is 2.63 bits per heavy atom. The van der Waals surface area contributed by atoms with Crippen LogP contribution in [-0.4, -0.2) is 25.0 Å². The van der Waals surface area contributed by atoms with Gasteiger partial charge in [0.15, 0.2) is 0 Å². The molecule has 1 aromatic carbocycles. The molecular formula is C12H15N3O3S. The highest BCUT2D eigenvalue weighted by Crippen LogP contribution is 2.15. The Hall–Kier alpha value is -1.86. The molecule has 0 unspecified atom stereocenters. The van der Waals surface area contributed by atoms with Crippen molar-refractivity contribution in [2.24, 2.45) is 0 Å². The van der Waals surface area contributed by atoms with Gasteiger partial charge in [-0.15, -0.1) is 0 Å². The fourth-order valence-corrected chi connectivity index (χ4v) is 2.53. The number of nitrogens with one attached hydrogen (secondary N) is 2. The van der Waals surface area contributed by atoms with Gasteiger partial charge in [-0.3, -0.25) is 0 Å². The zero-order valence-corrected chi connectivity index (χ0v) is 11.3. The van der Waals surface area contributed by atoms with Crippen molar-refractivity contribution in [3.8, 4) is 5.75 Å². The fraction of sp³-hybridized carbons (Fsp3) is 0.250. The first-order chi connectivity index (χ1) is 9.12. The van der Waals surface area contributed by atoms with Crippen molar-refractivity contribution in [2.75, 3.05) is 6.61 Å². The number of aromatic amines is 1. The van der Waals surface area contributed by atoms with Crippen molar-refractivity contribution < 1.29 is 13.2 Å². The maximum Gasteiger partial charge on any atom is 0.240 e. The lowest BCUT2D eigenvalue weighted by atomic mass is 10.3. The van der Waals surface area contributed by atoms with Crippen molar-refractivity contribution in [2.45, 2.75) is 18.4 Å². The van der Waals surface area contributed by atoms with Gasteiger partial charge in [-0.1, -0.05) is 0 Å². The quantitative estimate of drug-likeness (QED) is 0.835. The van der Waals surface area contributed by atoms with E-state index in [1.54, 1.807) is 18.3 Å². The first-order valence-corrected chi connectivity index (χ1v) is 7.30. The number of ether oxygens (including phenoxy) is 1. The Balaban J connectivity index is 2.06. The van der Waals surface area contributed by atoms with Crippen molar-refractivity contribution in [1.29, 1.82) is 0 Å². The minimum absolute atomic E-state index is 0.176. The second-order valence-electron chi connectivity index (χ2n) is 3.81. The Bertz CT molecular complexity index is 606. The lowest BCUT2D eigenvalue weighted by Crippen LogP contribution is -2.23. The summed E-state index contributed by atoms with van der Waals surface area (Å²) in [5.41, 5.74) is 0.703. The number of H-pyrrole nitrogens is 1. The van der Waals surface area contributed by atoms with Crippen LogP contribution in [0.15, 0.2) is 41.7 Å². The molecule has 1 heterocycles. The van der Waals surface area contributed by atoms with E-state index in [1.807, 2.05) is 6.92 Å². The molecule has 0 amide bonds. The third kappa shape index (κ3) is 3.55. The van der Waals surface area contributed by atoms with Crippen LogP contribution >= 0.6 is 0 Å². The third-order valence-corrected chi connectivity index (χ3v) is 3.87. The molecule has 0 fully saturated rings. The molecule has 7 heteroatoms. The second kappa shape index (κ2) is 5.85. The Morgan fingerprint density at radius 1 is 1.32 bits per heavy atom. The van der Waals surface area contributed by atoms with Crippen LogP contribution in [0.3, 0.4) is 0 Å². The molecule has 0 atom stereocenters. The van der Waals surface area contributed by atoms with Gasteiger partial charge in [-0.25, -0.2) is 18.1 Å². The number of rotatable bonds is 6. The third-order valence-electron chi connectivity index (χ3n) is 2.45. The van der Waals surface area contributed by atoms with Gasteiger partial charge in [-0.2, -0.15) is 0 Å². The Morgan fingerprint density at radius 2 is 2.05 bits per heavy atom. The van der Waals surface area contributed by atoms with E-state index in [0.717, 1.165) is 0 Å². The van der Waals surface area contributed by atoms with Gasteiger partial charge in [-0.05, 0) is 31.2 Å². The smallest absolute Gasteiger partial charge is 0.240 e. The lowest BCUT2D eigenvalue weighted by Gasteiger charge is -2.07. The molecule has 0 bridgehead atoms. The van der Waals surface area contributed by atoms with Gasteiger partial charge in [0.2, 0.25) is 10.0 Å². The van der Waals surface area contributed by atoms with Crippen molar-refractivity contribution in [3.05, 3.63) is 42.5 Å². The molecule has 2 rings (SSSR count).